The maximum Gasteiger partial charge on any atom is 0.156 e. The molecule has 0 fully saturated rings. The summed E-state index contributed by atoms with van der Waals surface area (Å²) in [5.74, 6) is 0.793. The number of benzene rings is 1. The first-order valence-corrected chi connectivity index (χ1v) is 7.59. The number of rotatable bonds is 4. The van der Waals surface area contributed by atoms with Gasteiger partial charge in [-0.3, -0.25) is 4.40 Å². The van der Waals surface area contributed by atoms with Crippen molar-refractivity contribution in [3.8, 4) is 17.0 Å². The predicted octanol–water partition coefficient (Wildman–Crippen LogP) is 4.20. The van der Waals surface area contributed by atoms with Crippen LogP contribution in [0.3, 0.4) is 0 Å². The Bertz CT molecular complexity index is 813. The van der Waals surface area contributed by atoms with E-state index in [-0.39, 0.29) is 6.61 Å². The fourth-order valence-corrected chi connectivity index (χ4v) is 2.89. The molecule has 3 rings (SSSR count). The summed E-state index contributed by atoms with van der Waals surface area (Å²) in [5, 5.41) is 10.6. The highest BCUT2D eigenvalue weighted by molar-refractivity contribution is 6.36. The van der Waals surface area contributed by atoms with Gasteiger partial charge in [0.15, 0.2) is 5.65 Å². The van der Waals surface area contributed by atoms with Crippen LogP contribution in [0.1, 0.15) is 12.6 Å². The Morgan fingerprint density at radius 2 is 1.95 bits per heavy atom. The van der Waals surface area contributed by atoms with Crippen LogP contribution in [0.25, 0.3) is 16.9 Å². The van der Waals surface area contributed by atoms with Crippen LogP contribution in [0, 0.1) is 0 Å². The van der Waals surface area contributed by atoms with Crippen LogP contribution in [-0.4, -0.2) is 21.1 Å². The molecule has 0 saturated heterocycles. The second-order valence-electron chi connectivity index (χ2n) is 4.72. The van der Waals surface area contributed by atoms with Crippen LogP contribution in [-0.2, 0) is 6.61 Å². The van der Waals surface area contributed by atoms with Crippen molar-refractivity contribution in [2.75, 3.05) is 6.61 Å². The predicted molar refractivity (Wildman–Crippen MR) is 87.7 cm³/mol. The van der Waals surface area contributed by atoms with E-state index < -0.39 is 0 Å². The van der Waals surface area contributed by atoms with E-state index in [9.17, 15) is 5.11 Å². The maximum atomic E-state index is 9.72. The maximum absolute atomic E-state index is 9.72. The van der Waals surface area contributed by atoms with Crippen LogP contribution < -0.4 is 4.74 Å². The molecule has 0 amide bonds. The number of hydrogen-bond acceptors (Lipinski definition) is 3. The van der Waals surface area contributed by atoms with Crippen molar-refractivity contribution in [2.45, 2.75) is 13.5 Å². The Morgan fingerprint density at radius 3 is 2.59 bits per heavy atom. The zero-order valence-electron chi connectivity index (χ0n) is 11.9. The monoisotopic (exact) mass is 336 g/mol. The van der Waals surface area contributed by atoms with Crippen LogP contribution >= 0.6 is 23.2 Å². The van der Waals surface area contributed by atoms with E-state index >= 15 is 0 Å². The Hall–Kier alpha value is -1.75. The molecule has 0 atom stereocenters. The van der Waals surface area contributed by atoms with Crippen molar-refractivity contribution in [3.63, 3.8) is 0 Å². The fourth-order valence-electron chi connectivity index (χ4n) is 2.38. The number of aliphatic hydroxyl groups is 1. The first kappa shape index (κ1) is 15.2. The molecule has 3 aromatic rings. The van der Waals surface area contributed by atoms with Crippen LogP contribution in [0.4, 0.5) is 0 Å². The lowest BCUT2D eigenvalue weighted by molar-refractivity contribution is 0.276. The smallest absolute Gasteiger partial charge is 0.156 e. The standard InChI is InChI=1S/C16H14Cl2N2O2/c1-2-22-12-5-3-10(4-6-12)15-14(9-21)20-8-11(17)7-13(18)16(20)19-15/h3-8,21H,2,9H2,1H3. The topological polar surface area (TPSA) is 46.8 Å². The first-order chi connectivity index (χ1) is 10.6. The zero-order valence-corrected chi connectivity index (χ0v) is 13.4. The van der Waals surface area contributed by atoms with Gasteiger partial charge in [0.1, 0.15) is 5.75 Å². The van der Waals surface area contributed by atoms with Crippen LogP contribution in [0.2, 0.25) is 10.0 Å². The molecule has 0 aliphatic rings. The summed E-state index contributed by atoms with van der Waals surface area (Å²) in [7, 11) is 0. The van der Waals surface area contributed by atoms with Crippen LogP contribution in [0.5, 0.6) is 5.75 Å². The second kappa shape index (κ2) is 6.16. The highest BCUT2D eigenvalue weighted by atomic mass is 35.5. The Labute approximate surface area is 137 Å². The van der Waals surface area contributed by atoms with Crippen molar-refractivity contribution in [3.05, 3.63) is 52.3 Å². The largest absolute Gasteiger partial charge is 0.494 e. The van der Waals surface area contributed by atoms with Gasteiger partial charge in [0.25, 0.3) is 0 Å². The number of imidazole rings is 1. The molecule has 0 spiro atoms. The summed E-state index contributed by atoms with van der Waals surface area (Å²) in [4.78, 5) is 4.54. The summed E-state index contributed by atoms with van der Waals surface area (Å²) in [6, 6.07) is 9.19. The van der Waals surface area contributed by atoms with Gasteiger partial charge < -0.3 is 9.84 Å². The average molecular weight is 337 g/mol. The molecule has 114 valence electrons. The van der Waals surface area contributed by atoms with Crippen molar-refractivity contribution in [1.82, 2.24) is 9.38 Å². The van der Waals surface area contributed by atoms with E-state index in [4.69, 9.17) is 27.9 Å². The van der Waals surface area contributed by atoms with Gasteiger partial charge in [0.2, 0.25) is 0 Å². The van der Waals surface area contributed by atoms with Gasteiger partial charge in [-0.05, 0) is 37.3 Å². The van der Waals surface area contributed by atoms with Gasteiger partial charge in [0.05, 0.1) is 34.6 Å². The summed E-state index contributed by atoms with van der Waals surface area (Å²) >= 11 is 12.2. The third-order valence-corrected chi connectivity index (χ3v) is 3.81. The van der Waals surface area contributed by atoms with Crippen LogP contribution in [0.15, 0.2) is 36.5 Å². The average Bonchev–Trinajstić information content (AvgIpc) is 2.87. The second-order valence-corrected chi connectivity index (χ2v) is 5.57. The molecule has 1 N–H and O–H groups in total. The minimum Gasteiger partial charge on any atom is -0.494 e. The summed E-state index contributed by atoms with van der Waals surface area (Å²) < 4.78 is 7.15. The van der Waals surface area contributed by atoms with Gasteiger partial charge in [-0.1, -0.05) is 23.2 Å². The molecule has 1 aromatic carbocycles. The number of fused-ring (bicyclic) bond motifs is 1. The van der Waals surface area contributed by atoms with E-state index in [1.54, 1.807) is 16.7 Å². The van der Waals surface area contributed by atoms with E-state index in [1.165, 1.54) is 0 Å². The number of hydrogen-bond donors (Lipinski definition) is 1. The molecule has 0 aliphatic carbocycles. The van der Waals surface area contributed by atoms with Crippen molar-refractivity contribution >= 4 is 28.8 Å². The summed E-state index contributed by atoms with van der Waals surface area (Å²) in [6.07, 6.45) is 1.69. The van der Waals surface area contributed by atoms with Crippen molar-refractivity contribution < 1.29 is 9.84 Å². The van der Waals surface area contributed by atoms with E-state index in [0.717, 1.165) is 11.3 Å². The number of ether oxygens (including phenoxy) is 1. The lowest BCUT2D eigenvalue weighted by atomic mass is 10.1. The SMILES string of the molecule is CCOc1ccc(-c2nc3c(Cl)cc(Cl)cn3c2CO)cc1. The molecule has 2 heterocycles. The van der Waals surface area contributed by atoms with E-state index in [0.29, 0.717) is 33.7 Å². The molecule has 0 bridgehead atoms. The fraction of sp³-hybridized carbons (Fsp3) is 0.188. The molecule has 4 nitrogen and oxygen atoms in total. The molecule has 6 heteroatoms. The highest BCUT2D eigenvalue weighted by Gasteiger charge is 2.16. The van der Waals surface area contributed by atoms with Gasteiger partial charge in [-0.2, -0.15) is 0 Å². The van der Waals surface area contributed by atoms with Crippen molar-refractivity contribution in [1.29, 1.82) is 0 Å². The summed E-state index contributed by atoms with van der Waals surface area (Å²) in [5.41, 5.74) is 2.76. The minimum absolute atomic E-state index is 0.166. The molecule has 22 heavy (non-hydrogen) atoms. The number of pyridine rings is 1. The van der Waals surface area contributed by atoms with E-state index in [1.807, 2.05) is 31.2 Å². The molecule has 2 aromatic heterocycles. The zero-order chi connectivity index (χ0) is 15.7. The third kappa shape index (κ3) is 2.65. The normalized spacial score (nSPS) is 11.1. The lowest BCUT2D eigenvalue weighted by Gasteiger charge is -2.05. The molecular formula is C16H14Cl2N2O2. The Morgan fingerprint density at radius 1 is 1.23 bits per heavy atom. The Balaban J connectivity index is 2.15. The quantitative estimate of drug-likeness (QED) is 0.776. The number of aliphatic hydroxyl groups excluding tert-OH is 1. The molecular weight excluding hydrogens is 323 g/mol. The summed E-state index contributed by atoms with van der Waals surface area (Å²) in [6.45, 7) is 2.38. The number of aromatic nitrogens is 2. The third-order valence-electron chi connectivity index (χ3n) is 3.33. The highest BCUT2D eigenvalue weighted by Crippen LogP contribution is 2.30. The van der Waals surface area contributed by atoms with Crippen molar-refractivity contribution in [2.24, 2.45) is 0 Å². The Kier molecular flexibility index (Phi) is 4.25. The van der Waals surface area contributed by atoms with Gasteiger partial charge >= 0.3 is 0 Å². The minimum atomic E-state index is -0.166. The molecule has 0 radical (unpaired) electrons. The molecule has 0 saturated carbocycles. The van der Waals surface area contributed by atoms with E-state index in [2.05, 4.69) is 4.98 Å². The molecule has 0 unspecified atom stereocenters. The number of halogens is 2. The first-order valence-electron chi connectivity index (χ1n) is 6.84. The number of nitrogens with zero attached hydrogens (tertiary/aromatic N) is 2. The van der Waals surface area contributed by atoms with Gasteiger partial charge in [-0.15, -0.1) is 0 Å². The lowest BCUT2D eigenvalue weighted by Crippen LogP contribution is -1.95. The molecule has 0 aliphatic heterocycles. The van der Waals surface area contributed by atoms with Gasteiger partial charge in [0, 0.05) is 11.8 Å². The van der Waals surface area contributed by atoms with Gasteiger partial charge in [-0.25, -0.2) is 4.98 Å².